The van der Waals surface area contributed by atoms with Gasteiger partial charge in [0, 0.05) is 6.54 Å². The van der Waals surface area contributed by atoms with Crippen LogP contribution in [-0.4, -0.2) is 29.2 Å². The van der Waals surface area contributed by atoms with Crippen LogP contribution in [0.15, 0.2) is 47.4 Å². The Labute approximate surface area is 142 Å². The third-order valence-electron chi connectivity index (χ3n) is 4.25. The molecule has 1 atom stereocenters. The molecule has 6 heteroatoms. The predicted octanol–water partition coefficient (Wildman–Crippen LogP) is 3.09. The molecule has 0 spiro atoms. The van der Waals surface area contributed by atoms with Crippen LogP contribution in [0.3, 0.4) is 0 Å². The zero-order chi connectivity index (χ0) is 17.3. The molecule has 5 nitrogen and oxygen atoms in total. The van der Waals surface area contributed by atoms with Crippen LogP contribution < -0.4 is 13.8 Å². The fourth-order valence-electron chi connectivity index (χ4n) is 3.02. The molecule has 0 amide bonds. The molecule has 128 valence electrons. The molecule has 0 fully saturated rings. The maximum Gasteiger partial charge on any atom is 0.264 e. The molecule has 0 saturated heterocycles. The van der Waals surface area contributed by atoms with Crippen molar-refractivity contribution < 1.29 is 17.9 Å². The Balaban J connectivity index is 2.04. The molecule has 2 aromatic carbocycles. The summed E-state index contributed by atoms with van der Waals surface area (Å²) in [7, 11) is -0.450. The molecule has 0 bridgehead atoms. The van der Waals surface area contributed by atoms with Gasteiger partial charge in [-0.25, -0.2) is 8.42 Å². The summed E-state index contributed by atoms with van der Waals surface area (Å²) >= 11 is 0. The zero-order valence-electron chi connectivity index (χ0n) is 14.0. The van der Waals surface area contributed by atoms with Crippen LogP contribution in [0.4, 0.5) is 5.69 Å². The molecule has 3 rings (SSSR count). The minimum absolute atomic E-state index is 0.234. The van der Waals surface area contributed by atoms with Crippen molar-refractivity contribution in [2.45, 2.75) is 18.2 Å². The molecule has 0 radical (unpaired) electrons. The molecule has 2 aromatic rings. The average Bonchev–Trinajstić information content (AvgIpc) is 2.60. The summed E-state index contributed by atoms with van der Waals surface area (Å²) in [5.74, 6) is 1.60. The Morgan fingerprint density at radius 2 is 1.62 bits per heavy atom. The number of hydrogen-bond acceptors (Lipinski definition) is 4. The lowest BCUT2D eigenvalue weighted by molar-refractivity contribution is 0.413. The number of anilines is 1. The number of nitrogens with zero attached hydrogens (tertiary/aromatic N) is 1. The lowest BCUT2D eigenvalue weighted by atomic mass is 9.95. The van der Waals surface area contributed by atoms with E-state index < -0.39 is 10.0 Å². The number of ether oxygens (including phenoxy) is 2. The number of fused-ring (bicyclic) bond motifs is 1. The second kappa shape index (κ2) is 6.36. The number of sulfonamides is 1. The van der Waals surface area contributed by atoms with E-state index in [1.165, 1.54) is 4.31 Å². The predicted molar refractivity (Wildman–Crippen MR) is 93.4 cm³/mol. The molecule has 0 aromatic heterocycles. The average molecular weight is 347 g/mol. The van der Waals surface area contributed by atoms with E-state index in [2.05, 4.69) is 6.92 Å². The van der Waals surface area contributed by atoms with Crippen LogP contribution in [0.25, 0.3) is 0 Å². The van der Waals surface area contributed by atoms with Gasteiger partial charge in [-0.15, -0.1) is 0 Å². The molecular formula is C18H21NO4S. The highest BCUT2D eigenvalue weighted by Gasteiger charge is 2.32. The van der Waals surface area contributed by atoms with Crippen molar-refractivity contribution >= 4 is 15.7 Å². The van der Waals surface area contributed by atoms with Gasteiger partial charge < -0.3 is 9.47 Å². The van der Waals surface area contributed by atoms with E-state index in [0.29, 0.717) is 12.3 Å². The van der Waals surface area contributed by atoms with Crippen LogP contribution in [0, 0.1) is 5.92 Å². The summed E-state index contributed by atoms with van der Waals surface area (Å²) in [6.07, 6.45) is 0.834. The normalized spacial score (nSPS) is 17.3. The highest BCUT2D eigenvalue weighted by Crippen LogP contribution is 2.36. The molecule has 1 heterocycles. The third-order valence-corrected chi connectivity index (χ3v) is 6.04. The van der Waals surface area contributed by atoms with Gasteiger partial charge in [-0.3, -0.25) is 4.31 Å². The van der Waals surface area contributed by atoms with Gasteiger partial charge in [0.2, 0.25) is 0 Å². The van der Waals surface area contributed by atoms with Crippen molar-refractivity contribution in [2.75, 3.05) is 25.1 Å². The van der Waals surface area contributed by atoms with E-state index in [-0.39, 0.29) is 10.8 Å². The Hall–Kier alpha value is -2.21. The maximum atomic E-state index is 13.1. The minimum atomic E-state index is -3.62. The van der Waals surface area contributed by atoms with E-state index in [4.69, 9.17) is 9.47 Å². The van der Waals surface area contributed by atoms with Crippen LogP contribution in [0.2, 0.25) is 0 Å². The van der Waals surface area contributed by atoms with Gasteiger partial charge in [0.1, 0.15) is 11.5 Å². The van der Waals surface area contributed by atoms with E-state index >= 15 is 0 Å². The first kappa shape index (κ1) is 16.6. The van der Waals surface area contributed by atoms with E-state index in [1.54, 1.807) is 44.6 Å². The van der Waals surface area contributed by atoms with Crippen molar-refractivity contribution in [3.05, 3.63) is 48.0 Å². The first-order valence-electron chi connectivity index (χ1n) is 7.79. The highest BCUT2D eigenvalue weighted by molar-refractivity contribution is 7.92. The first-order chi connectivity index (χ1) is 11.5. The van der Waals surface area contributed by atoms with Crippen LogP contribution in [0.1, 0.15) is 12.5 Å². The smallest absolute Gasteiger partial charge is 0.264 e. The number of rotatable bonds is 4. The van der Waals surface area contributed by atoms with Crippen molar-refractivity contribution in [1.82, 2.24) is 0 Å². The van der Waals surface area contributed by atoms with E-state index in [9.17, 15) is 8.42 Å². The fourth-order valence-corrected chi connectivity index (χ4v) is 4.64. The van der Waals surface area contributed by atoms with Crippen molar-refractivity contribution in [3.8, 4) is 11.5 Å². The van der Waals surface area contributed by atoms with Gasteiger partial charge in [-0.2, -0.15) is 0 Å². The molecule has 1 aliphatic rings. The Bertz CT molecular complexity index is 831. The Kier molecular flexibility index (Phi) is 4.41. The number of methoxy groups -OCH3 is 2. The lowest BCUT2D eigenvalue weighted by Gasteiger charge is -2.34. The van der Waals surface area contributed by atoms with Crippen LogP contribution in [0.5, 0.6) is 11.5 Å². The second-order valence-corrected chi connectivity index (χ2v) is 7.88. The molecule has 24 heavy (non-hydrogen) atoms. The molecule has 0 saturated carbocycles. The quantitative estimate of drug-likeness (QED) is 0.853. The maximum absolute atomic E-state index is 13.1. The van der Waals surface area contributed by atoms with Crippen molar-refractivity contribution in [2.24, 2.45) is 5.92 Å². The molecule has 0 aliphatic carbocycles. The molecule has 1 aliphatic heterocycles. The van der Waals surface area contributed by atoms with Crippen molar-refractivity contribution in [1.29, 1.82) is 0 Å². The monoisotopic (exact) mass is 347 g/mol. The summed E-state index contributed by atoms with van der Waals surface area (Å²) in [5.41, 5.74) is 1.72. The SMILES string of the molecule is COc1ccc(S(=O)(=O)N2CC(C)Cc3cc(OC)ccc32)cc1. The van der Waals surface area contributed by atoms with Gasteiger partial charge in [0.05, 0.1) is 24.8 Å². The van der Waals surface area contributed by atoms with Gasteiger partial charge in [0.25, 0.3) is 10.0 Å². The van der Waals surface area contributed by atoms with Gasteiger partial charge in [0.15, 0.2) is 0 Å². The molecule has 0 N–H and O–H groups in total. The fraction of sp³-hybridized carbons (Fsp3) is 0.333. The molecule has 1 unspecified atom stereocenters. The van der Waals surface area contributed by atoms with Gasteiger partial charge >= 0.3 is 0 Å². The number of hydrogen-bond donors (Lipinski definition) is 0. The molecular weight excluding hydrogens is 326 g/mol. The van der Waals surface area contributed by atoms with Gasteiger partial charge in [-0.05, 0) is 60.4 Å². The summed E-state index contributed by atoms with van der Waals surface area (Å²) in [6.45, 7) is 2.52. The van der Waals surface area contributed by atoms with Gasteiger partial charge in [-0.1, -0.05) is 6.92 Å². The largest absolute Gasteiger partial charge is 0.497 e. The van der Waals surface area contributed by atoms with E-state index in [0.717, 1.165) is 23.4 Å². The number of benzene rings is 2. The Morgan fingerprint density at radius 3 is 2.25 bits per heavy atom. The highest BCUT2D eigenvalue weighted by atomic mass is 32.2. The van der Waals surface area contributed by atoms with Crippen LogP contribution in [-0.2, 0) is 16.4 Å². The standard InChI is InChI=1S/C18H21NO4S/c1-13-10-14-11-16(23-3)6-9-18(14)19(12-13)24(20,21)17-7-4-15(22-2)5-8-17/h4-9,11,13H,10,12H2,1-3H3. The van der Waals surface area contributed by atoms with Crippen LogP contribution >= 0.6 is 0 Å². The first-order valence-corrected chi connectivity index (χ1v) is 9.23. The minimum Gasteiger partial charge on any atom is -0.497 e. The summed E-state index contributed by atoms with van der Waals surface area (Å²) in [6, 6.07) is 12.0. The third kappa shape index (κ3) is 2.94. The lowest BCUT2D eigenvalue weighted by Crippen LogP contribution is -2.39. The zero-order valence-corrected chi connectivity index (χ0v) is 14.8. The second-order valence-electron chi connectivity index (χ2n) is 6.02. The van der Waals surface area contributed by atoms with Crippen molar-refractivity contribution in [3.63, 3.8) is 0 Å². The van der Waals surface area contributed by atoms with E-state index in [1.807, 2.05) is 12.1 Å². The summed E-state index contributed by atoms with van der Waals surface area (Å²) in [4.78, 5) is 0.263. The topological polar surface area (TPSA) is 55.8 Å². The summed E-state index contributed by atoms with van der Waals surface area (Å²) < 4.78 is 38.1. The Morgan fingerprint density at radius 1 is 1.00 bits per heavy atom. The summed E-state index contributed by atoms with van der Waals surface area (Å²) in [5, 5.41) is 0.